The molecule has 1 heterocycles. The SMILES string of the molecule is N#Cc1c(-c2ccccc2)nc(-c2cccc(Br)c2)nc1-c1ccc2ccccc2c1. The smallest absolute Gasteiger partial charge is 0.160 e. The van der Waals surface area contributed by atoms with Crippen molar-refractivity contribution in [1.82, 2.24) is 9.97 Å². The third-order valence-electron chi connectivity index (χ3n) is 5.17. The largest absolute Gasteiger partial charge is 0.227 e. The summed E-state index contributed by atoms with van der Waals surface area (Å²) in [5, 5.41) is 12.4. The van der Waals surface area contributed by atoms with Crippen molar-refractivity contribution in [3.63, 3.8) is 0 Å². The van der Waals surface area contributed by atoms with E-state index in [0.29, 0.717) is 22.8 Å². The molecule has 0 N–H and O–H groups in total. The molecule has 0 aliphatic rings. The van der Waals surface area contributed by atoms with Gasteiger partial charge in [-0.25, -0.2) is 9.97 Å². The molecule has 0 aliphatic heterocycles. The number of halogens is 1. The van der Waals surface area contributed by atoms with Crippen LogP contribution in [0.15, 0.2) is 102 Å². The highest BCUT2D eigenvalue weighted by molar-refractivity contribution is 9.10. The van der Waals surface area contributed by atoms with Crippen molar-refractivity contribution < 1.29 is 0 Å². The van der Waals surface area contributed by atoms with Gasteiger partial charge in [-0.15, -0.1) is 0 Å². The number of fused-ring (bicyclic) bond motifs is 1. The molecule has 0 saturated carbocycles. The number of rotatable bonds is 3. The zero-order chi connectivity index (χ0) is 21.2. The summed E-state index contributed by atoms with van der Waals surface area (Å²) in [4.78, 5) is 9.68. The zero-order valence-corrected chi connectivity index (χ0v) is 18.0. The van der Waals surface area contributed by atoms with Crippen molar-refractivity contribution in [1.29, 1.82) is 5.26 Å². The second kappa shape index (κ2) is 8.14. The first-order valence-electron chi connectivity index (χ1n) is 9.85. The van der Waals surface area contributed by atoms with Crippen LogP contribution in [0.25, 0.3) is 44.7 Å². The Kier molecular flexibility index (Phi) is 5.03. The Morgan fingerprint density at radius 2 is 1.29 bits per heavy atom. The Hall–Kier alpha value is -3.81. The number of nitrogens with zero attached hydrogens (tertiary/aromatic N) is 3. The first-order valence-corrected chi connectivity index (χ1v) is 10.6. The van der Waals surface area contributed by atoms with Gasteiger partial charge in [0.15, 0.2) is 5.82 Å². The van der Waals surface area contributed by atoms with Gasteiger partial charge in [-0.2, -0.15) is 5.26 Å². The van der Waals surface area contributed by atoms with E-state index >= 15 is 0 Å². The van der Waals surface area contributed by atoms with E-state index in [0.717, 1.165) is 31.9 Å². The standard InChI is InChI=1S/C27H16BrN3/c28-23-12-6-11-22(16-23)27-30-25(19-8-2-1-3-9-19)24(17-29)26(31-27)21-14-13-18-7-4-5-10-20(18)15-21/h1-16H. The molecular weight excluding hydrogens is 446 g/mol. The lowest BCUT2D eigenvalue weighted by Crippen LogP contribution is -2.01. The second-order valence-electron chi connectivity index (χ2n) is 7.17. The zero-order valence-electron chi connectivity index (χ0n) is 16.5. The maximum Gasteiger partial charge on any atom is 0.160 e. The molecule has 0 aliphatic carbocycles. The quantitative estimate of drug-likeness (QED) is 0.283. The molecular formula is C27H16BrN3. The van der Waals surface area contributed by atoms with Gasteiger partial charge >= 0.3 is 0 Å². The summed E-state index contributed by atoms with van der Waals surface area (Å²) in [6.07, 6.45) is 0. The van der Waals surface area contributed by atoms with E-state index in [4.69, 9.17) is 9.97 Å². The van der Waals surface area contributed by atoms with Crippen LogP contribution in [-0.2, 0) is 0 Å². The summed E-state index contributed by atoms with van der Waals surface area (Å²) >= 11 is 3.53. The van der Waals surface area contributed by atoms with E-state index in [1.54, 1.807) is 0 Å². The van der Waals surface area contributed by atoms with Crippen molar-refractivity contribution in [2.45, 2.75) is 0 Å². The lowest BCUT2D eigenvalue weighted by Gasteiger charge is -2.13. The maximum atomic E-state index is 10.1. The minimum atomic E-state index is 0.472. The Morgan fingerprint density at radius 1 is 0.613 bits per heavy atom. The van der Waals surface area contributed by atoms with Crippen molar-refractivity contribution in [3.8, 4) is 40.0 Å². The Morgan fingerprint density at radius 3 is 2.03 bits per heavy atom. The molecule has 0 radical (unpaired) electrons. The summed E-state index contributed by atoms with van der Waals surface area (Å²) < 4.78 is 0.950. The summed E-state index contributed by atoms with van der Waals surface area (Å²) in [6, 6.07) is 34.4. The maximum absolute atomic E-state index is 10.1. The van der Waals surface area contributed by atoms with Crippen LogP contribution >= 0.6 is 15.9 Å². The van der Waals surface area contributed by atoms with Gasteiger partial charge < -0.3 is 0 Å². The van der Waals surface area contributed by atoms with Crippen LogP contribution in [-0.4, -0.2) is 9.97 Å². The molecule has 0 saturated heterocycles. The number of aromatic nitrogens is 2. The summed E-state index contributed by atoms with van der Waals surface area (Å²) in [5.74, 6) is 0.585. The fourth-order valence-corrected chi connectivity index (χ4v) is 4.07. The molecule has 0 fully saturated rings. The lowest BCUT2D eigenvalue weighted by atomic mass is 9.98. The lowest BCUT2D eigenvalue weighted by molar-refractivity contribution is 1.17. The highest BCUT2D eigenvalue weighted by Gasteiger charge is 2.18. The van der Waals surface area contributed by atoms with Crippen LogP contribution in [0.2, 0.25) is 0 Å². The molecule has 31 heavy (non-hydrogen) atoms. The molecule has 0 atom stereocenters. The first kappa shape index (κ1) is 19.2. The molecule has 0 spiro atoms. The van der Waals surface area contributed by atoms with Crippen molar-refractivity contribution >= 4 is 26.7 Å². The molecule has 0 bridgehead atoms. The summed E-state index contributed by atoms with van der Waals surface area (Å²) in [7, 11) is 0. The minimum absolute atomic E-state index is 0.472. The van der Waals surface area contributed by atoms with Crippen molar-refractivity contribution in [3.05, 3.63) is 107 Å². The van der Waals surface area contributed by atoms with Crippen LogP contribution in [0.3, 0.4) is 0 Å². The summed E-state index contributed by atoms with van der Waals surface area (Å²) in [6.45, 7) is 0. The average Bonchev–Trinajstić information content (AvgIpc) is 2.83. The van der Waals surface area contributed by atoms with Gasteiger partial charge in [-0.05, 0) is 29.0 Å². The van der Waals surface area contributed by atoms with E-state index < -0.39 is 0 Å². The van der Waals surface area contributed by atoms with Crippen LogP contribution < -0.4 is 0 Å². The molecule has 0 unspecified atom stereocenters. The van der Waals surface area contributed by atoms with Gasteiger partial charge in [0.2, 0.25) is 0 Å². The predicted molar refractivity (Wildman–Crippen MR) is 128 cm³/mol. The van der Waals surface area contributed by atoms with Crippen molar-refractivity contribution in [2.24, 2.45) is 0 Å². The third kappa shape index (κ3) is 3.72. The number of hydrogen-bond acceptors (Lipinski definition) is 3. The van der Waals surface area contributed by atoms with E-state index in [1.807, 2.05) is 72.8 Å². The Labute approximate surface area is 188 Å². The molecule has 146 valence electrons. The minimum Gasteiger partial charge on any atom is -0.227 e. The van der Waals surface area contributed by atoms with Gasteiger partial charge in [0, 0.05) is 21.2 Å². The number of hydrogen-bond donors (Lipinski definition) is 0. The van der Waals surface area contributed by atoms with Crippen LogP contribution in [0, 0.1) is 11.3 Å². The molecule has 3 nitrogen and oxygen atoms in total. The van der Waals surface area contributed by atoms with E-state index in [-0.39, 0.29) is 0 Å². The molecule has 5 rings (SSSR count). The second-order valence-corrected chi connectivity index (χ2v) is 8.09. The topological polar surface area (TPSA) is 49.6 Å². The Bertz CT molecular complexity index is 1450. The van der Waals surface area contributed by atoms with Gasteiger partial charge in [-0.1, -0.05) is 94.8 Å². The van der Waals surface area contributed by atoms with Gasteiger partial charge in [-0.3, -0.25) is 0 Å². The fourth-order valence-electron chi connectivity index (χ4n) is 3.67. The molecule has 0 amide bonds. The third-order valence-corrected chi connectivity index (χ3v) is 5.67. The van der Waals surface area contributed by atoms with Gasteiger partial charge in [0.05, 0.1) is 11.4 Å². The number of nitriles is 1. The van der Waals surface area contributed by atoms with Crippen molar-refractivity contribution in [2.75, 3.05) is 0 Å². The highest BCUT2D eigenvalue weighted by Crippen LogP contribution is 2.33. The molecule has 4 heteroatoms. The average molecular weight is 462 g/mol. The molecule has 5 aromatic rings. The van der Waals surface area contributed by atoms with Gasteiger partial charge in [0.1, 0.15) is 11.6 Å². The molecule has 1 aromatic heterocycles. The van der Waals surface area contributed by atoms with E-state index in [1.165, 1.54) is 0 Å². The Balaban J connectivity index is 1.81. The monoisotopic (exact) mass is 461 g/mol. The van der Waals surface area contributed by atoms with Crippen LogP contribution in [0.4, 0.5) is 0 Å². The fraction of sp³-hybridized carbons (Fsp3) is 0. The van der Waals surface area contributed by atoms with Gasteiger partial charge in [0.25, 0.3) is 0 Å². The first-order chi connectivity index (χ1) is 15.2. The highest BCUT2D eigenvalue weighted by atomic mass is 79.9. The normalized spacial score (nSPS) is 10.7. The van der Waals surface area contributed by atoms with E-state index in [9.17, 15) is 5.26 Å². The summed E-state index contributed by atoms with van der Waals surface area (Å²) in [5.41, 5.74) is 4.41. The predicted octanol–water partition coefficient (Wildman–Crippen LogP) is 7.26. The van der Waals surface area contributed by atoms with Crippen LogP contribution in [0.1, 0.15) is 5.56 Å². The molecule has 4 aromatic carbocycles. The van der Waals surface area contributed by atoms with E-state index in [2.05, 4.69) is 46.3 Å². The van der Waals surface area contributed by atoms with Crippen LogP contribution in [0.5, 0.6) is 0 Å². The number of benzene rings is 4.